The number of fused-ring (bicyclic) bond motifs is 2. The summed E-state index contributed by atoms with van der Waals surface area (Å²) in [6, 6.07) is 6.19. The first-order chi connectivity index (χ1) is 8.53. The van der Waals surface area contributed by atoms with Crippen LogP contribution in [0.15, 0.2) is 18.5 Å². The Balaban J connectivity index is 2.35. The van der Waals surface area contributed by atoms with Crippen LogP contribution in [0.4, 0.5) is 0 Å². The second-order valence-electron chi connectivity index (χ2n) is 6.07. The number of rotatable bonds is 1. The molecule has 2 aromatic rings. The Morgan fingerprint density at radius 1 is 1.33 bits per heavy atom. The van der Waals surface area contributed by atoms with E-state index in [4.69, 9.17) is 0 Å². The third kappa shape index (κ3) is 1.61. The molecule has 1 aromatic heterocycles. The maximum atomic E-state index is 4.59. The van der Waals surface area contributed by atoms with Crippen LogP contribution in [-0.2, 0) is 19.9 Å². The highest BCUT2D eigenvalue weighted by Crippen LogP contribution is 2.26. The smallest absolute Gasteiger partial charge is 0.236 e. The largest absolute Gasteiger partial charge is 0.286 e. The lowest BCUT2D eigenvalue weighted by atomic mass is 10.1. The molecule has 0 bridgehead atoms. The maximum Gasteiger partial charge on any atom is 0.286 e. The van der Waals surface area contributed by atoms with Gasteiger partial charge in [-0.1, -0.05) is 25.2 Å². The third-order valence-corrected chi connectivity index (χ3v) is 7.84. The normalized spacial score (nSPS) is 17.1. The molecule has 1 aromatic carbocycles. The van der Waals surface area contributed by atoms with Crippen molar-refractivity contribution in [2.75, 3.05) is 0 Å². The molecule has 3 heteroatoms. The second kappa shape index (κ2) is 3.89. The fraction of sp³-hybridized carbons (Fsp3) is 0.467. The fourth-order valence-electron chi connectivity index (χ4n) is 3.24. The van der Waals surface area contributed by atoms with E-state index < -0.39 is 8.07 Å². The first kappa shape index (κ1) is 11.8. The molecule has 3 rings (SSSR count). The Hall–Kier alpha value is -1.22. The van der Waals surface area contributed by atoms with E-state index in [2.05, 4.69) is 48.7 Å². The minimum absolute atomic E-state index is 1.07. The Morgan fingerprint density at radius 3 is 2.83 bits per heavy atom. The Labute approximate surface area is 110 Å². The highest BCUT2D eigenvalue weighted by atomic mass is 28.3. The van der Waals surface area contributed by atoms with Gasteiger partial charge in [0.15, 0.2) is 5.52 Å². The van der Waals surface area contributed by atoms with Crippen LogP contribution >= 0.6 is 0 Å². The molecule has 0 N–H and O–H groups in total. The van der Waals surface area contributed by atoms with Crippen LogP contribution in [0.3, 0.4) is 0 Å². The summed E-state index contributed by atoms with van der Waals surface area (Å²) in [4.78, 5) is 4.59. The highest BCUT2D eigenvalue weighted by Gasteiger charge is 2.33. The van der Waals surface area contributed by atoms with Crippen molar-refractivity contribution in [3.63, 3.8) is 0 Å². The first-order valence-corrected chi connectivity index (χ1v) is 10.0. The molecule has 0 aliphatic carbocycles. The average molecular weight is 257 g/mol. The zero-order chi connectivity index (χ0) is 12.9. The number of nitrogens with zero attached hydrogens (tertiary/aromatic N) is 2. The molecule has 1 aliphatic heterocycles. The molecular formula is C15H21N2Si+. The summed E-state index contributed by atoms with van der Waals surface area (Å²) in [7, 11) is 0.930. The lowest BCUT2D eigenvalue weighted by Crippen LogP contribution is -2.38. The van der Waals surface area contributed by atoms with Crippen LogP contribution in [-0.4, -0.2) is 13.1 Å². The summed E-state index contributed by atoms with van der Waals surface area (Å²) in [6.07, 6.45) is 4.27. The minimum atomic E-state index is -1.17. The van der Waals surface area contributed by atoms with Gasteiger partial charge in [-0.2, -0.15) is 0 Å². The molecule has 2 heterocycles. The summed E-state index contributed by atoms with van der Waals surface area (Å²) in [5.74, 6) is 0. The van der Waals surface area contributed by atoms with E-state index in [0.717, 1.165) is 6.42 Å². The van der Waals surface area contributed by atoms with Crippen molar-refractivity contribution in [1.82, 2.24) is 4.98 Å². The van der Waals surface area contributed by atoms with E-state index in [1.165, 1.54) is 29.1 Å². The van der Waals surface area contributed by atoms with Crippen LogP contribution < -0.4 is 9.75 Å². The molecule has 0 saturated carbocycles. The SMILES string of the molecule is CCc1c2cc3c(cc2nc[n+]1C)CC[Si]3(C)C. The van der Waals surface area contributed by atoms with Gasteiger partial charge in [0.2, 0.25) is 0 Å². The van der Waals surface area contributed by atoms with Crippen molar-refractivity contribution in [3.05, 3.63) is 29.7 Å². The number of hydrogen-bond acceptors (Lipinski definition) is 1. The molecule has 0 amide bonds. The predicted molar refractivity (Wildman–Crippen MR) is 77.9 cm³/mol. The maximum absolute atomic E-state index is 4.59. The van der Waals surface area contributed by atoms with Crippen molar-refractivity contribution in [2.24, 2.45) is 7.05 Å². The van der Waals surface area contributed by atoms with E-state index in [1.54, 1.807) is 10.8 Å². The van der Waals surface area contributed by atoms with E-state index in [0.29, 0.717) is 0 Å². The number of hydrogen-bond donors (Lipinski definition) is 0. The number of benzene rings is 1. The van der Waals surface area contributed by atoms with E-state index in [1.807, 2.05) is 6.33 Å². The average Bonchev–Trinajstić information content (AvgIpc) is 2.63. The van der Waals surface area contributed by atoms with Gasteiger partial charge in [0.25, 0.3) is 6.33 Å². The topological polar surface area (TPSA) is 16.8 Å². The summed E-state index contributed by atoms with van der Waals surface area (Å²) < 4.78 is 2.16. The first-order valence-electron chi connectivity index (χ1n) is 6.83. The molecule has 2 nitrogen and oxygen atoms in total. The molecule has 94 valence electrons. The zero-order valence-electron chi connectivity index (χ0n) is 11.7. The van der Waals surface area contributed by atoms with Gasteiger partial charge >= 0.3 is 0 Å². The zero-order valence-corrected chi connectivity index (χ0v) is 12.7. The molecular weight excluding hydrogens is 236 g/mol. The Bertz CT molecular complexity index is 632. The van der Waals surface area contributed by atoms with Crippen molar-refractivity contribution in [3.8, 4) is 0 Å². The number of aromatic nitrogens is 2. The predicted octanol–water partition coefficient (Wildman–Crippen LogP) is 2.09. The van der Waals surface area contributed by atoms with Crippen LogP contribution in [0.1, 0.15) is 18.2 Å². The second-order valence-corrected chi connectivity index (χ2v) is 10.9. The van der Waals surface area contributed by atoms with Crippen LogP contribution in [0.25, 0.3) is 10.9 Å². The molecule has 0 radical (unpaired) electrons. The van der Waals surface area contributed by atoms with Crippen LogP contribution in [0.5, 0.6) is 0 Å². The fourth-order valence-corrected chi connectivity index (χ4v) is 6.00. The monoisotopic (exact) mass is 257 g/mol. The Morgan fingerprint density at radius 2 is 2.11 bits per heavy atom. The molecule has 18 heavy (non-hydrogen) atoms. The summed E-state index contributed by atoms with van der Waals surface area (Å²) >= 11 is 0. The van der Waals surface area contributed by atoms with Gasteiger partial charge in [-0.05, 0) is 35.1 Å². The van der Waals surface area contributed by atoms with Crippen LogP contribution in [0.2, 0.25) is 19.1 Å². The Kier molecular flexibility index (Phi) is 2.56. The van der Waals surface area contributed by atoms with Crippen molar-refractivity contribution < 1.29 is 4.57 Å². The third-order valence-electron chi connectivity index (χ3n) is 4.41. The minimum Gasteiger partial charge on any atom is -0.236 e. The standard InChI is InChI=1S/C15H21N2Si/c1-5-14-12-9-15-11(6-7-18(15,3)4)8-13(12)16-10-17(14)2/h8-10H,5-7H2,1-4H3/q+1. The summed E-state index contributed by atoms with van der Waals surface area (Å²) in [6.45, 7) is 7.21. The van der Waals surface area contributed by atoms with E-state index in [-0.39, 0.29) is 0 Å². The molecule has 0 unspecified atom stereocenters. The highest BCUT2D eigenvalue weighted by molar-refractivity contribution is 6.91. The lowest BCUT2D eigenvalue weighted by Gasteiger charge is -2.16. The molecule has 0 fully saturated rings. The van der Waals surface area contributed by atoms with Gasteiger partial charge in [-0.15, -0.1) is 0 Å². The molecule has 0 saturated heterocycles. The quantitative estimate of drug-likeness (QED) is 0.565. The van der Waals surface area contributed by atoms with E-state index >= 15 is 0 Å². The molecule has 0 spiro atoms. The van der Waals surface area contributed by atoms with Gasteiger partial charge in [-0.25, -0.2) is 4.57 Å². The van der Waals surface area contributed by atoms with Gasteiger partial charge in [-0.3, -0.25) is 0 Å². The number of aryl methyl sites for hydroxylation is 3. The van der Waals surface area contributed by atoms with Crippen molar-refractivity contribution in [1.29, 1.82) is 0 Å². The summed E-state index contributed by atoms with van der Waals surface area (Å²) in [5, 5.41) is 3.03. The van der Waals surface area contributed by atoms with Crippen molar-refractivity contribution >= 4 is 24.2 Å². The molecule has 0 atom stereocenters. The lowest BCUT2D eigenvalue weighted by molar-refractivity contribution is -0.680. The van der Waals surface area contributed by atoms with Crippen molar-refractivity contribution in [2.45, 2.75) is 38.9 Å². The molecule has 1 aliphatic rings. The van der Waals surface area contributed by atoms with E-state index in [9.17, 15) is 0 Å². The van der Waals surface area contributed by atoms with Gasteiger partial charge in [0, 0.05) is 6.42 Å². The van der Waals surface area contributed by atoms with Gasteiger partial charge in [0.05, 0.1) is 20.5 Å². The summed E-state index contributed by atoms with van der Waals surface area (Å²) in [5.41, 5.74) is 4.14. The van der Waals surface area contributed by atoms with Gasteiger partial charge < -0.3 is 0 Å². The van der Waals surface area contributed by atoms with Crippen LogP contribution in [0, 0.1) is 0 Å². The van der Waals surface area contributed by atoms with Gasteiger partial charge in [0.1, 0.15) is 5.69 Å².